The highest BCUT2D eigenvalue weighted by Gasteiger charge is 2.42. The molecule has 2 atom stereocenters. The lowest BCUT2D eigenvalue weighted by molar-refractivity contribution is 0.0600. The smallest absolute Gasteiger partial charge is 0.337 e. The van der Waals surface area contributed by atoms with Crippen LogP contribution in [0.2, 0.25) is 0 Å². The monoisotopic (exact) mass is 538 g/mol. The highest BCUT2D eigenvalue weighted by Crippen LogP contribution is 2.42. The van der Waals surface area contributed by atoms with E-state index in [-0.39, 0.29) is 18.1 Å². The van der Waals surface area contributed by atoms with Crippen LogP contribution in [-0.2, 0) is 4.74 Å². The molecule has 2 aromatic heterocycles. The van der Waals surface area contributed by atoms with Crippen molar-refractivity contribution >= 4 is 29.0 Å². The maximum absolute atomic E-state index is 12.2. The second-order valence-corrected chi connectivity index (χ2v) is 10.2. The van der Waals surface area contributed by atoms with Crippen molar-refractivity contribution in [3.8, 4) is 11.4 Å². The minimum Gasteiger partial charge on any atom is -0.490 e. The Balaban J connectivity index is 1.40. The zero-order valence-electron chi connectivity index (χ0n) is 21.7. The van der Waals surface area contributed by atoms with Crippen LogP contribution in [0.15, 0.2) is 91.3 Å². The Morgan fingerprint density at radius 1 is 0.974 bits per heavy atom. The number of aromatic nitrogens is 2. The number of methoxy groups -OCH3 is 1. The number of esters is 1. The van der Waals surface area contributed by atoms with Gasteiger partial charge in [-0.15, -0.1) is 0 Å². The van der Waals surface area contributed by atoms with Crippen molar-refractivity contribution < 1.29 is 14.3 Å². The number of rotatable bonds is 7. The summed E-state index contributed by atoms with van der Waals surface area (Å²) in [7, 11) is 1.39. The van der Waals surface area contributed by atoms with Crippen LogP contribution in [0.4, 0.5) is 5.69 Å². The van der Waals surface area contributed by atoms with Gasteiger partial charge in [0.25, 0.3) is 0 Å². The van der Waals surface area contributed by atoms with Crippen LogP contribution in [0, 0.1) is 0 Å². The molecule has 0 amide bonds. The summed E-state index contributed by atoms with van der Waals surface area (Å²) in [5.41, 5.74) is 4.21. The van der Waals surface area contributed by atoms with Crippen LogP contribution in [0.25, 0.3) is 5.69 Å². The topological polar surface area (TPSA) is 68.6 Å². The molecule has 1 saturated carbocycles. The van der Waals surface area contributed by atoms with Crippen LogP contribution >= 0.6 is 12.2 Å². The Labute approximate surface area is 233 Å². The van der Waals surface area contributed by atoms with Gasteiger partial charge in [0.1, 0.15) is 11.8 Å². The average molecular weight is 539 g/mol. The van der Waals surface area contributed by atoms with Crippen molar-refractivity contribution in [2.24, 2.45) is 0 Å². The van der Waals surface area contributed by atoms with Gasteiger partial charge in [0, 0.05) is 29.5 Å². The van der Waals surface area contributed by atoms with E-state index < -0.39 is 0 Å². The lowest BCUT2D eigenvalue weighted by Crippen LogP contribution is -2.30. The van der Waals surface area contributed by atoms with E-state index in [4.69, 9.17) is 21.7 Å². The summed E-state index contributed by atoms with van der Waals surface area (Å²) in [5.74, 6) is 0.506. The minimum atomic E-state index is -0.373. The van der Waals surface area contributed by atoms with Gasteiger partial charge >= 0.3 is 5.97 Å². The lowest BCUT2D eigenvalue weighted by Gasteiger charge is -2.29. The SMILES string of the molecule is COC(=O)c1cccc(-n2cccc2[C@H]2[C@H](c3ccccn3)NC(=S)N2c2ccc(OC3CCCC3)cc2)c1. The first kappa shape index (κ1) is 25.1. The van der Waals surface area contributed by atoms with E-state index in [0.29, 0.717) is 16.8 Å². The molecule has 1 N–H and O–H groups in total. The number of hydrogen-bond acceptors (Lipinski definition) is 5. The summed E-state index contributed by atoms with van der Waals surface area (Å²) in [4.78, 5) is 19.1. The summed E-state index contributed by atoms with van der Waals surface area (Å²) in [6.45, 7) is 0. The summed E-state index contributed by atoms with van der Waals surface area (Å²) < 4.78 is 13.2. The van der Waals surface area contributed by atoms with E-state index in [2.05, 4.69) is 38.0 Å². The molecule has 7 nitrogen and oxygen atoms in total. The number of benzene rings is 2. The van der Waals surface area contributed by atoms with Gasteiger partial charge in [0.15, 0.2) is 5.11 Å². The molecule has 0 unspecified atom stereocenters. The van der Waals surface area contributed by atoms with Crippen molar-refractivity contribution in [3.63, 3.8) is 0 Å². The van der Waals surface area contributed by atoms with E-state index in [1.165, 1.54) is 20.0 Å². The molecule has 0 spiro atoms. The summed E-state index contributed by atoms with van der Waals surface area (Å²) in [6, 6.07) is 25.2. The largest absolute Gasteiger partial charge is 0.490 e. The first-order valence-electron chi connectivity index (χ1n) is 13.3. The standard InChI is InChI=1S/C31H30N4O3S/c1-37-30(36)21-8-6-9-23(20-21)34-19-7-13-27(34)29-28(26-12-4-5-18-32-26)33-31(39)35(29)22-14-16-25(17-15-22)38-24-10-2-3-11-24/h4-9,12-20,24,28-29H,2-3,10-11H2,1H3,(H,33,39)/t28-,29-/m0/s1. The van der Waals surface area contributed by atoms with Gasteiger partial charge in [0.05, 0.1) is 30.5 Å². The second-order valence-electron chi connectivity index (χ2n) is 9.86. The summed E-state index contributed by atoms with van der Waals surface area (Å²) in [5, 5.41) is 4.15. The number of thiocarbonyl (C=S) groups is 1. The van der Waals surface area contributed by atoms with Gasteiger partial charge in [-0.1, -0.05) is 12.1 Å². The zero-order valence-corrected chi connectivity index (χ0v) is 22.5. The van der Waals surface area contributed by atoms with E-state index in [1.54, 1.807) is 12.3 Å². The third-order valence-corrected chi connectivity index (χ3v) is 7.76. The summed E-state index contributed by atoms with van der Waals surface area (Å²) >= 11 is 5.92. The van der Waals surface area contributed by atoms with Crippen molar-refractivity contribution in [1.29, 1.82) is 0 Å². The third-order valence-electron chi connectivity index (χ3n) is 7.45. The van der Waals surface area contributed by atoms with Crippen molar-refractivity contribution in [3.05, 3.63) is 108 Å². The van der Waals surface area contributed by atoms with Gasteiger partial charge in [-0.05, 0) is 105 Å². The number of nitrogens with zero attached hydrogens (tertiary/aromatic N) is 3. The van der Waals surface area contributed by atoms with Crippen molar-refractivity contribution in [2.75, 3.05) is 12.0 Å². The Bertz CT molecular complexity index is 1460. The fraction of sp³-hybridized carbons (Fsp3) is 0.258. The molecule has 1 aliphatic carbocycles. The number of carbonyl (C=O) groups excluding carboxylic acids is 1. The molecule has 6 rings (SSSR count). The minimum absolute atomic E-state index is 0.189. The molecule has 2 aliphatic rings. The predicted molar refractivity (Wildman–Crippen MR) is 154 cm³/mol. The average Bonchev–Trinajstić information content (AvgIpc) is 3.74. The van der Waals surface area contributed by atoms with Crippen LogP contribution in [-0.4, -0.2) is 33.8 Å². The van der Waals surface area contributed by atoms with Crippen molar-refractivity contribution in [1.82, 2.24) is 14.9 Å². The van der Waals surface area contributed by atoms with Crippen LogP contribution in [0.3, 0.4) is 0 Å². The number of hydrogen-bond donors (Lipinski definition) is 1. The second kappa shape index (κ2) is 10.9. The first-order chi connectivity index (χ1) is 19.1. The Morgan fingerprint density at radius 2 is 1.79 bits per heavy atom. The van der Waals surface area contributed by atoms with E-state index in [0.717, 1.165) is 41.4 Å². The number of nitrogens with one attached hydrogen (secondary N) is 1. The maximum Gasteiger partial charge on any atom is 0.337 e. The number of ether oxygens (including phenoxy) is 2. The fourth-order valence-electron chi connectivity index (χ4n) is 5.59. The highest BCUT2D eigenvalue weighted by atomic mass is 32.1. The van der Waals surface area contributed by atoms with Crippen LogP contribution in [0.1, 0.15) is 59.5 Å². The molecular weight excluding hydrogens is 508 g/mol. The van der Waals surface area contributed by atoms with Crippen LogP contribution < -0.4 is 15.0 Å². The molecule has 39 heavy (non-hydrogen) atoms. The maximum atomic E-state index is 12.2. The molecule has 2 aromatic carbocycles. The van der Waals surface area contributed by atoms with E-state index in [9.17, 15) is 4.79 Å². The molecular formula is C31H30N4O3S. The molecule has 0 bridgehead atoms. The fourth-order valence-corrected chi connectivity index (χ4v) is 5.93. The number of pyridine rings is 1. The van der Waals surface area contributed by atoms with Gasteiger partial charge in [0.2, 0.25) is 0 Å². The molecule has 0 radical (unpaired) electrons. The van der Waals surface area contributed by atoms with E-state index >= 15 is 0 Å². The van der Waals surface area contributed by atoms with E-state index in [1.807, 2.05) is 60.8 Å². The van der Waals surface area contributed by atoms with Gasteiger partial charge in [-0.2, -0.15) is 0 Å². The Hall–Kier alpha value is -4.17. The highest BCUT2D eigenvalue weighted by molar-refractivity contribution is 7.80. The number of carbonyl (C=O) groups is 1. The molecule has 1 saturated heterocycles. The summed E-state index contributed by atoms with van der Waals surface area (Å²) in [6.07, 6.45) is 8.79. The van der Waals surface area contributed by atoms with Crippen molar-refractivity contribution in [2.45, 2.75) is 43.9 Å². The molecule has 2 fully saturated rings. The lowest BCUT2D eigenvalue weighted by atomic mass is 10.0. The molecule has 8 heteroatoms. The Kier molecular flexibility index (Phi) is 7.02. The Morgan fingerprint density at radius 3 is 2.54 bits per heavy atom. The molecule has 3 heterocycles. The number of anilines is 1. The molecule has 1 aliphatic heterocycles. The van der Waals surface area contributed by atoms with Gasteiger partial charge < -0.3 is 24.3 Å². The third kappa shape index (κ3) is 5.00. The predicted octanol–water partition coefficient (Wildman–Crippen LogP) is 6.16. The van der Waals surface area contributed by atoms with Gasteiger partial charge in [-0.3, -0.25) is 4.98 Å². The van der Waals surface area contributed by atoms with Crippen LogP contribution in [0.5, 0.6) is 5.75 Å². The zero-order chi connectivity index (χ0) is 26.8. The molecule has 4 aromatic rings. The molecule has 198 valence electrons. The van der Waals surface area contributed by atoms with Gasteiger partial charge in [-0.25, -0.2) is 4.79 Å². The first-order valence-corrected chi connectivity index (χ1v) is 13.7. The quantitative estimate of drug-likeness (QED) is 0.223. The normalized spacial score (nSPS) is 19.2.